The average molecular weight is 276 g/mol. The minimum absolute atomic E-state index is 0.316. The molecule has 1 heterocycles. The van der Waals surface area contributed by atoms with Crippen LogP contribution in [0.4, 0.5) is 0 Å². The minimum Gasteiger partial charge on any atom is -0.497 e. The maximum atomic E-state index is 5.63. The van der Waals surface area contributed by atoms with Gasteiger partial charge in [-0.3, -0.25) is 11.3 Å². The molecule has 2 aromatic rings. The van der Waals surface area contributed by atoms with Crippen molar-refractivity contribution >= 4 is 11.3 Å². The Hall–Kier alpha value is -1.36. The second-order valence-corrected chi connectivity index (χ2v) is 5.37. The molecule has 0 fully saturated rings. The van der Waals surface area contributed by atoms with E-state index in [0.717, 1.165) is 25.0 Å². The van der Waals surface area contributed by atoms with Crippen LogP contribution in [0.5, 0.6) is 5.75 Å². The summed E-state index contributed by atoms with van der Waals surface area (Å²) in [6.45, 7) is 0. The smallest absolute Gasteiger partial charge is 0.118 e. The summed E-state index contributed by atoms with van der Waals surface area (Å²) < 4.78 is 5.15. The van der Waals surface area contributed by atoms with Crippen LogP contribution in [0.25, 0.3) is 0 Å². The van der Waals surface area contributed by atoms with Crippen LogP contribution in [0.15, 0.2) is 41.1 Å². The molecule has 0 amide bonds. The van der Waals surface area contributed by atoms with E-state index in [4.69, 9.17) is 10.6 Å². The third-order valence-electron chi connectivity index (χ3n) is 3.24. The molecule has 1 aromatic heterocycles. The largest absolute Gasteiger partial charge is 0.497 e. The molecule has 102 valence electrons. The Kier molecular flexibility index (Phi) is 5.39. The molecule has 3 N–H and O–H groups in total. The first-order valence-corrected chi connectivity index (χ1v) is 7.36. The maximum Gasteiger partial charge on any atom is 0.118 e. The van der Waals surface area contributed by atoms with E-state index in [-0.39, 0.29) is 0 Å². The molecule has 0 aliphatic rings. The van der Waals surface area contributed by atoms with Crippen molar-refractivity contribution in [3.05, 3.63) is 52.2 Å². The van der Waals surface area contributed by atoms with E-state index in [1.807, 2.05) is 12.1 Å². The number of aryl methyl sites for hydroxylation is 1. The zero-order chi connectivity index (χ0) is 13.5. The molecule has 4 heteroatoms. The fourth-order valence-corrected chi connectivity index (χ4v) is 2.75. The second kappa shape index (κ2) is 7.28. The number of nitrogens with two attached hydrogens (primary N) is 1. The van der Waals surface area contributed by atoms with Gasteiger partial charge in [0.15, 0.2) is 0 Å². The van der Waals surface area contributed by atoms with Gasteiger partial charge in [-0.2, -0.15) is 11.3 Å². The van der Waals surface area contributed by atoms with Crippen molar-refractivity contribution in [2.24, 2.45) is 5.84 Å². The lowest BCUT2D eigenvalue weighted by Gasteiger charge is -2.15. The molecule has 1 atom stereocenters. The second-order valence-electron chi connectivity index (χ2n) is 4.59. The lowest BCUT2D eigenvalue weighted by atomic mass is 10.0. The van der Waals surface area contributed by atoms with Gasteiger partial charge in [-0.25, -0.2) is 0 Å². The van der Waals surface area contributed by atoms with Crippen LogP contribution >= 0.6 is 11.3 Å². The molecule has 1 unspecified atom stereocenters. The highest BCUT2D eigenvalue weighted by Crippen LogP contribution is 2.15. The summed E-state index contributed by atoms with van der Waals surface area (Å²) >= 11 is 1.73. The predicted molar refractivity (Wildman–Crippen MR) is 80.4 cm³/mol. The Labute approximate surface area is 118 Å². The Morgan fingerprint density at radius 2 is 2.00 bits per heavy atom. The van der Waals surface area contributed by atoms with Gasteiger partial charge in [-0.15, -0.1) is 0 Å². The molecular formula is C15H20N2OS. The van der Waals surface area contributed by atoms with Crippen molar-refractivity contribution in [2.75, 3.05) is 7.11 Å². The molecule has 0 saturated carbocycles. The first-order valence-electron chi connectivity index (χ1n) is 6.42. The fraction of sp³-hybridized carbons (Fsp3) is 0.333. The highest BCUT2D eigenvalue weighted by molar-refractivity contribution is 7.07. The van der Waals surface area contributed by atoms with Gasteiger partial charge in [0.25, 0.3) is 0 Å². The number of methoxy groups -OCH3 is 1. The molecule has 0 bridgehead atoms. The van der Waals surface area contributed by atoms with Crippen molar-refractivity contribution in [2.45, 2.75) is 25.3 Å². The summed E-state index contributed by atoms with van der Waals surface area (Å²) in [4.78, 5) is 0. The van der Waals surface area contributed by atoms with Crippen LogP contribution in [0.3, 0.4) is 0 Å². The van der Waals surface area contributed by atoms with Crippen LogP contribution < -0.4 is 16.0 Å². The van der Waals surface area contributed by atoms with E-state index in [1.54, 1.807) is 18.4 Å². The summed E-state index contributed by atoms with van der Waals surface area (Å²) in [5.74, 6) is 6.53. The van der Waals surface area contributed by atoms with Crippen LogP contribution in [-0.4, -0.2) is 13.2 Å². The number of thiophene rings is 1. The summed E-state index contributed by atoms with van der Waals surface area (Å²) in [5, 5.41) is 4.28. The quantitative estimate of drug-likeness (QED) is 0.604. The Balaban J connectivity index is 1.84. The first-order chi connectivity index (χ1) is 9.31. The number of benzene rings is 1. The summed E-state index contributed by atoms with van der Waals surface area (Å²) in [6.07, 6.45) is 3.03. The number of hydrazine groups is 1. The normalized spacial score (nSPS) is 12.3. The number of hydrogen-bond acceptors (Lipinski definition) is 4. The lowest BCUT2D eigenvalue weighted by molar-refractivity contribution is 0.414. The molecular weight excluding hydrogens is 256 g/mol. The summed E-state index contributed by atoms with van der Waals surface area (Å²) in [6, 6.07) is 10.7. The Morgan fingerprint density at radius 1 is 1.21 bits per heavy atom. The molecule has 1 aromatic carbocycles. The number of hydrogen-bond donors (Lipinski definition) is 2. The minimum atomic E-state index is 0.316. The predicted octanol–water partition coefficient (Wildman–Crippen LogP) is 2.76. The summed E-state index contributed by atoms with van der Waals surface area (Å²) in [7, 11) is 1.68. The van der Waals surface area contributed by atoms with Crippen molar-refractivity contribution in [1.82, 2.24) is 5.43 Å². The maximum absolute atomic E-state index is 5.63. The first kappa shape index (κ1) is 14.1. The van der Waals surface area contributed by atoms with Crippen molar-refractivity contribution in [1.29, 1.82) is 0 Å². The highest BCUT2D eigenvalue weighted by Gasteiger charge is 2.08. The molecule has 0 aliphatic carbocycles. The molecule has 0 aliphatic heterocycles. The van der Waals surface area contributed by atoms with Crippen LogP contribution in [0.1, 0.15) is 17.5 Å². The van der Waals surface area contributed by atoms with Crippen molar-refractivity contribution in [3.8, 4) is 5.75 Å². The Morgan fingerprint density at radius 3 is 2.58 bits per heavy atom. The number of ether oxygens (including phenoxy) is 1. The standard InChI is InChI=1S/C15H20N2OS/c1-18-15-6-3-12(4-7-15)2-5-14(17-16)10-13-8-9-19-11-13/h3-4,6-9,11,14,17H,2,5,10,16H2,1H3. The lowest BCUT2D eigenvalue weighted by Crippen LogP contribution is -2.37. The third-order valence-corrected chi connectivity index (χ3v) is 3.97. The van der Waals surface area contributed by atoms with E-state index < -0.39 is 0 Å². The van der Waals surface area contributed by atoms with Crippen molar-refractivity contribution < 1.29 is 4.74 Å². The SMILES string of the molecule is COc1ccc(CCC(Cc2ccsc2)NN)cc1. The monoisotopic (exact) mass is 276 g/mol. The highest BCUT2D eigenvalue weighted by atomic mass is 32.1. The molecule has 3 nitrogen and oxygen atoms in total. The van der Waals surface area contributed by atoms with Gasteiger partial charge < -0.3 is 4.74 Å². The molecule has 19 heavy (non-hydrogen) atoms. The van der Waals surface area contributed by atoms with E-state index >= 15 is 0 Å². The van der Waals surface area contributed by atoms with Crippen LogP contribution in [0.2, 0.25) is 0 Å². The molecule has 2 rings (SSSR count). The third kappa shape index (κ3) is 4.35. The van der Waals surface area contributed by atoms with E-state index in [2.05, 4.69) is 34.4 Å². The van der Waals surface area contributed by atoms with Gasteiger partial charge in [-0.05, 0) is 59.3 Å². The summed E-state index contributed by atoms with van der Waals surface area (Å²) in [5.41, 5.74) is 5.57. The average Bonchev–Trinajstić information content (AvgIpc) is 2.97. The zero-order valence-corrected chi connectivity index (χ0v) is 12.0. The van der Waals surface area contributed by atoms with E-state index in [1.165, 1.54) is 11.1 Å². The van der Waals surface area contributed by atoms with Crippen LogP contribution in [0, 0.1) is 0 Å². The topological polar surface area (TPSA) is 47.3 Å². The van der Waals surface area contributed by atoms with E-state index in [0.29, 0.717) is 6.04 Å². The molecule has 0 spiro atoms. The van der Waals surface area contributed by atoms with Gasteiger partial charge in [0, 0.05) is 6.04 Å². The number of nitrogens with one attached hydrogen (secondary N) is 1. The zero-order valence-electron chi connectivity index (χ0n) is 11.1. The van der Waals surface area contributed by atoms with Crippen molar-refractivity contribution in [3.63, 3.8) is 0 Å². The van der Waals surface area contributed by atoms with Gasteiger partial charge in [0.1, 0.15) is 5.75 Å². The molecule has 0 radical (unpaired) electrons. The van der Waals surface area contributed by atoms with Gasteiger partial charge in [-0.1, -0.05) is 12.1 Å². The molecule has 0 saturated heterocycles. The van der Waals surface area contributed by atoms with Crippen LogP contribution in [-0.2, 0) is 12.8 Å². The Bertz CT molecular complexity index is 467. The van der Waals surface area contributed by atoms with Gasteiger partial charge in [0.05, 0.1) is 7.11 Å². The number of rotatable bonds is 7. The van der Waals surface area contributed by atoms with E-state index in [9.17, 15) is 0 Å². The fourth-order valence-electron chi connectivity index (χ4n) is 2.07. The van der Waals surface area contributed by atoms with Gasteiger partial charge in [0.2, 0.25) is 0 Å². The van der Waals surface area contributed by atoms with Gasteiger partial charge >= 0.3 is 0 Å².